The van der Waals surface area contributed by atoms with E-state index < -0.39 is 21.6 Å². The van der Waals surface area contributed by atoms with Crippen molar-refractivity contribution in [1.82, 2.24) is 0 Å². The van der Waals surface area contributed by atoms with Crippen molar-refractivity contribution in [2.45, 2.75) is 0 Å². The Morgan fingerprint density at radius 2 is 0.667 bits per heavy atom. The van der Waals surface area contributed by atoms with Crippen molar-refractivity contribution >= 4 is 85.3 Å². The van der Waals surface area contributed by atoms with Crippen LogP contribution in [-0.4, -0.2) is 15.2 Å². The Morgan fingerprint density at radius 1 is 0.433 bits per heavy atom. The second kappa shape index (κ2) is 9.74. The largest absolute Gasteiger partial charge is 0.230 e. The maximum atomic E-state index is 5.59. The second-order valence-electron chi connectivity index (χ2n) is 6.82. The molecular weight excluding hydrogens is 627 g/mol. The predicted molar refractivity (Wildman–Crippen MR) is 148 cm³/mol. The fourth-order valence-electron chi connectivity index (χ4n) is 3.45. The van der Waals surface area contributed by atoms with E-state index >= 15 is 0 Å². The molecule has 0 radical (unpaired) electrons. The van der Waals surface area contributed by atoms with Crippen molar-refractivity contribution in [2.24, 2.45) is 13.5 Å². The summed E-state index contributed by atoms with van der Waals surface area (Å²) in [5, 5.41) is 5.80. The van der Waals surface area contributed by atoms with E-state index in [0.717, 1.165) is 15.2 Å². The van der Waals surface area contributed by atoms with Crippen LogP contribution < -0.4 is 15.9 Å². The lowest BCUT2D eigenvalue weighted by Crippen LogP contribution is -2.14. The van der Waals surface area contributed by atoms with Gasteiger partial charge in [-0.15, -0.1) is 0 Å². The van der Waals surface area contributed by atoms with Crippen LogP contribution in [0.3, 0.4) is 0 Å². The zero-order valence-electron chi connectivity index (χ0n) is 16.1. The molecule has 0 atom stereocenters. The van der Waals surface area contributed by atoms with Crippen molar-refractivity contribution in [3.63, 3.8) is 0 Å². The lowest BCUT2D eigenvalue weighted by Gasteiger charge is -2.35. The summed E-state index contributed by atoms with van der Waals surface area (Å²) in [7, 11) is -6.66. The molecule has 0 fully saturated rings. The lowest BCUT2D eigenvalue weighted by molar-refractivity contribution is 1.60. The van der Waals surface area contributed by atoms with Crippen molar-refractivity contribution in [2.75, 3.05) is 15.2 Å². The second-order valence-corrected chi connectivity index (χ2v) is 20.1. The zero-order chi connectivity index (χ0) is 21.1. The van der Waals surface area contributed by atoms with Crippen molar-refractivity contribution in [3.05, 3.63) is 91.0 Å². The van der Waals surface area contributed by atoms with E-state index in [0.29, 0.717) is 0 Å². The van der Waals surface area contributed by atoms with Crippen LogP contribution in [0, 0.1) is 0 Å². The minimum atomic E-state index is -2.22. The smallest absolute Gasteiger partial charge is 0.119 e. The summed E-state index contributed by atoms with van der Waals surface area (Å²) >= 11 is 11.5. The molecule has 9 heteroatoms. The number of hydrogen-bond acceptors (Lipinski definition) is 3. The number of nitrogens with zero attached hydrogens (tertiary/aromatic N) is 3. The molecule has 1 aliphatic heterocycles. The number of alkyl halides is 3. The van der Waals surface area contributed by atoms with Gasteiger partial charge in [0.15, 0.2) is 0 Å². The average molecular weight is 648 g/mol. The van der Waals surface area contributed by atoms with E-state index in [4.69, 9.17) is 13.5 Å². The zero-order valence-corrected chi connectivity index (χ0v) is 23.5. The third-order valence-electron chi connectivity index (χ3n) is 4.90. The molecule has 0 amide bonds. The van der Waals surface area contributed by atoms with E-state index in [1.54, 1.807) is 0 Å². The Balaban J connectivity index is 2.17. The van der Waals surface area contributed by atoms with E-state index in [1.807, 2.05) is 0 Å². The quantitative estimate of drug-likeness (QED) is 0.190. The minimum absolute atomic E-state index is 0.725. The normalized spacial score (nSPS) is 28.1. The summed E-state index contributed by atoms with van der Waals surface area (Å²) in [6.45, 7) is 0. The Kier molecular flexibility index (Phi) is 7.45. The Bertz CT molecular complexity index is 1020. The molecule has 1 aliphatic rings. The van der Waals surface area contributed by atoms with Crippen LogP contribution in [0.2, 0.25) is 0 Å². The molecule has 156 valence electrons. The molecule has 0 saturated carbocycles. The van der Waals surface area contributed by atoms with Gasteiger partial charge in [-0.3, -0.25) is 0 Å². The summed E-state index contributed by atoms with van der Waals surface area (Å²) in [4.78, 5) is 0. The van der Waals surface area contributed by atoms with Gasteiger partial charge in [-0.2, -0.15) is 0 Å². The molecule has 3 nitrogen and oxygen atoms in total. The summed E-state index contributed by atoms with van der Waals surface area (Å²) < 4.78 is 16.8. The molecule has 0 aliphatic carbocycles. The highest BCUT2D eigenvalue weighted by Gasteiger charge is 2.38. The van der Waals surface area contributed by atoms with Crippen LogP contribution in [-0.2, 0) is 0 Å². The Hall–Kier alpha value is -0.210. The van der Waals surface area contributed by atoms with Crippen LogP contribution in [0.25, 0.3) is 0 Å². The van der Waals surface area contributed by atoms with E-state index in [9.17, 15) is 0 Å². The van der Waals surface area contributed by atoms with Crippen LogP contribution in [0.4, 0.5) is 0 Å². The highest BCUT2D eigenvalue weighted by atomic mass is 79.9. The summed E-state index contributed by atoms with van der Waals surface area (Å²) in [5.41, 5.74) is 0. The van der Waals surface area contributed by atoms with Gasteiger partial charge in [0.1, 0.15) is 21.6 Å². The molecule has 0 spiro atoms. The van der Waals surface area contributed by atoms with Crippen LogP contribution in [0.1, 0.15) is 0 Å². The van der Waals surface area contributed by atoms with E-state index in [-0.39, 0.29) is 0 Å². The van der Waals surface area contributed by atoms with Gasteiger partial charge in [-0.1, -0.05) is 139 Å². The third-order valence-corrected chi connectivity index (χ3v) is 22.7. The maximum absolute atomic E-state index is 5.59. The van der Waals surface area contributed by atoms with Gasteiger partial charge in [0.25, 0.3) is 0 Å². The van der Waals surface area contributed by atoms with Gasteiger partial charge < -0.3 is 0 Å². The first-order valence-corrected chi connectivity index (χ1v) is 18.4. The molecule has 0 unspecified atom stereocenters. The minimum Gasteiger partial charge on any atom is -0.230 e. The number of rotatable bonds is 6. The fourth-order valence-corrected chi connectivity index (χ4v) is 24.7. The van der Waals surface area contributed by atoms with E-state index in [1.165, 1.54) is 15.9 Å². The average Bonchev–Trinajstić information content (AvgIpc) is 2.85. The summed E-state index contributed by atoms with van der Waals surface area (Å²) in [6, 6.07) is 31.7. The molecule has 3 aromatic carbocycles. The molecule has 0 saturated heterocycles. The molecule has 0 N–H and O–H groups in total. The first-order chi connectivity index (χ1) is 14.6. The first-order valence-electron chi connectivity index (χ1n) is 9.35. The van der Waals surface area contributed by atoms with Gasteiger partial charge in [0, 0.05) is 15.9 Å². The Morgan fingerprint density at radius 3 is 0.867 bits per heavy atom. The van der Waals surface area contributed by atoms with Crippen LogP contribution >= 0.6 is 69.4 Å². The fraction of sp³-hybridized carbons (Fsp3) is 0.143. The molecule has 0 bridgehead atoms. The lowest BCUT2D eigenvalue weighted by atomic mass is 10.4. The number of halogens is 3. The summed E-state index contributed by atoms with van der Waals surface area (Å²) in [6.07, 6.45) is 0. The highest BCUT2D eigenvalue weighted by Crippen LogP contribution is 2.78. The standard InChI is InChI=1S/C21H21Br3N3P3/c22-16-28(19-10-4-1-5-11-19)25-29(17-23,20-12-6-2-7-13-20)27-30(18-24,26-28)21-14-8-3-9-15-21/h1-15H,16-18H2. The van der Waals surface area contributed by atoms with Crippen molar-refractivity contribution in [3.8, 4) is 0 Å². The van der Waals surface area contributed by atoms with Crippen LogP contribution in [0.5, 0.6) is 0 Å². The molecule has 3 aromatic rings. The first kappa shape index (κ1) is 23.0. The molecule has 0 aromatic heterocycles. The molecule has 30 heavy (non-hydrogen) atoms. The molecule has 4 rings (SSSR count). The third kappa shape index (κ3) is 4.21. The topological polar surface area (TPSA) is 37.1 Å². The highest BCUT2D eigenvalue weighted by molar-refractivity contribution is 9.11. The van der Waals surface area contributed by atoms with Gasteiger partial charge >= 0.3 is 0 Å². The molecular formula is C21H21Br3N3P3. The monoisotopic (exact) mass is 645 g/mol. The van der Waals surface area contributed by atoms with Gasteiger partial charge in [-0.05, 0) is 0 Å². The van der Waals surface area contributed by atoms with Gasteiger partial charge in [0.2, 0.25) is 0 Å². The number of benzene rings is 3. The maximum Gasteiger partial charge on any atom is 0.119 e. The van der Waals surface area contributed by atoms with Gasteiger partial charge in [0.05, 0.1) is 15.2 Å². The Labute approximate surface area is 203 Å². The molecule has 1 heterocycles. The van der Waals surface area contributed by atoms with Crippen molar-refractivity contribution < 1.29 is 0 Å². The summed E-state index contributed by atoms with van der Waals surface area (Å²) in [5.74, 6) is 0. The predicted octanol–water partition coefficient (Wildman–Crippen LogP) is 8.38. The van der Waals surface area contributed by atoms with Crippen molar-refractivity contribution in [1.29, 1.82) is 0 Å². The van der Waals surface area contributed by atoms with E-state index in [2.05, 4.69) is 139 Å². The van der Waals surface area contributed by atoms with Gasteiger partial charge in [-0.25, -0.2) is 13.5 Å². The SMILES string of the molecule is BrCP1(c2ccccc2)=NP(CBr)(c2ccccc2)=NP(CBr)(c2ccccc2)=N1. The van der Waals surface area contributed by atoms with Crippen LogP contribution in [0.15, 0.2) is 105 Å². The number of hydrogen-bond donors (Lipinski definition) is 0.